The predicted molar refractivity (Wildman–Crippen MR) is 93.2 cm³/mol. The zero-order chi connectivity index (χ0) is 17.3. The number of carbonyl (C=O) groups excluding carboxylic acids is 1. The van der Waals surface area contributed by atoms with Crippen LogP contribution in [-0.2, 0) is 10.2 Å². The largest absolute Gasteiger partial charge is 0.340 e. The molecule has 3 nitrogen and oxygen atoms in total. The van der Waals surface area contributed by atoms with Crippen LogP contribution in [0.1, 0.15) is 30.9 Å². The molecule has 2 aromatic carbocycles. The molecule has 0 aliphatic carbocycles. The molecule has 24 heavy (non-hydrogen) atoms. The van der Waals surface area contributed by atoms with Crippen LogP contribution in [0.2, 0.25) is 0 Å². The summed E-state index contributed by atoms with van der Waals surface area (Å²) in [5.74, 6) is -0.200. The SMILES string of the molecule is CC(C)(C(=O)N1C[C@@H](N)[C@H](c2ccccc2)C1)c1cccc(F)c1. The number of benzene rings is 2. The van der Waals surface area contributed by atoms with Gasteiger partial charge in [0, 0.05) is 25.0 Å². The summed E-state index contributed by atoms with van der Waals surface area (Å²) in [6.07, 6.45) is 0. The number of carbonyl (C=O) groups is 1. The summed E-state index contributed by atoms with van der Waals surface area (Å²) in [6.45, 7) is 4.80. The van der Waals surface area contributed by atoms with E-state index in [2.05, 4.69) is 12.1 Å². The van der Waals surface area contributed by atoms with E-state index >= 15 is 0 Å². The second-order valence-electron chi connectivity index (χ2n) is 7.03. The van der Waals surface area contributed by atoms with E-state index in [1.54, 1.807) is 12.1 Å². The van der Waals surface area contributed by atoms with Crippen LogP contribution in [0, 0.1) is 5.82 Å². The highest BCUT2D eigenvalue weighted by Crippen LogP contribution is 2.32. The zero-order valence-electron chi connectivity index (χ0n) is 14.1. The average molecular weight is 326 g/mol. The normalized spacial score (nSPS) is 21.1. The first-order chi connectivity index (χ1) is 11.4. The van der Waals surface area contributed by atoms with Crippen LogP contribution in [0.25, 0.3) is 0 Å². The number of likely N-dealkylation sites (tertiary alicyclic amines) is 1. The molecule has 2 atom stereocenters. The number of halogens is 1. The van der Waals surface area contributed by atoms with Gasteiger partial charge in [0.1, 0.15) is 5.82 Å². The van der Waals surface area contributed by atoms with Gasteiger partial charge in [-0.15, -0.1) is 0 Å². The van der Waals surface area contributed by atoms with Crippen molar-refractivity contribution in [2.75, 3.05) is 13.1 Å². The molecular formula is C20H23FN2O. The second-order valence-corrected chi connectivity index (χ2v) is 7.03. The summed E-state index contributed by atoms with van der Waals surface area (Å²) in [6, 6.07) is 16.2. The number of hydrogen-bond acceptors (Lipinski definition) is 2. The third kappa shape index (κ3) is 3.06. The highest BCUT2D eigenvalue weighted by atomic mass is 19.1. The van der Waals surface area contributed by atoms with Gasteiger partial charge in [0.25, 0.3) is 0 Å². The molecule has 1 fully saturated rings. The van der Waals surface area contributed by atoms with Gasteiger partial charge in [-0.05, 0) is 37.1 Å². The van der Waals surface area contributed by atoms with E-state index in [-0.39, 0.29) is 23.7 Å². The summed E-state index contributed by atoms with van der Waals surface area (Å²) in [5, 5.41) is 0. The Kier molecular flexibility index (Phi) is 4.41. The molecule has 0 spiro atoms. The van der Waals surface area contributed by atoms with Crippen molar-refractivity contribution in [2.24, 2.45) is 5.73 Å². The Balaban J connectivity index is 1.81. The maximum absolute atomic E-state index is 13.5. The fourth-order valence-electron chi connectivity index (χ4n) is 3.44. The van der Waals surface area contributed by atoms with Gasteiger partial charge in [0.05, 0.1) is 5.41 Å². The van der Waals surface area contributed by atoms with Crippen molar-refractivity contribution in [1.82, 2.24) is 4.90 Å². The summed E-state index contributed by atoms with van der Waals surface area (Å²) in [7, 11) is 0. The van der Waals surface area contributed by atoms with Crippen LogP contribution in [-0.4, -0.2) is 29.9 Å². The Morgan fingerprint density at radius 1 is 1.12 bits per heavy atom. The molecule has 1 aliphatic rings. The highest BCUT2D eigenvalue weighted by molar-refractivity contribution is 5.87. The van der Waals surface area contributed by atoms with Crippen molar-refractivity contribution in [3.8, 4) is 0 Å². The van der Waals surface area contributed by atoms with Gasteiger partial charge < -0.3 is 10.6 Å². The topological polar surface area (TPSA) is 46.3 Å². The molecule has 0 saturated carbocycles. The lowest BCUT2D eigenvalue weighted by Gasteiger charge is -2.30. The average Bonchev–Trinajstić information content (AvgIpc) is 2.96. The maximum atomic E-state index is 13.5. The van der Waals surface area contributed by atoms with Crippen LogP contribution in [0.4, 0.5) is 4.39 Å². The van der Waals surface area contributed by atoms with Crippen molar-refractivity contribution in [2.45, 2.75) is 31.2 Å². The number of nitrogens with zero attached hydrogens (tertiary/aromatic N) is 1. The van der Waals surface area contributed by atoms with Crippen molar-refractivity contribution in [1.29, 1.82) is 0 Å². The lowest BCUT2D eigenvalue weighted by Crippen LogP contribution is -2.43. The number of nitrogens with two attached hydrogens (primary N) is 1. The standard InChI is InChI=1S/C20H23FN2O/c1-20(2,15-9-6-10-16(21)11-15)19(24)23-12-17(18(22)13-23)14-7-4-3-5-8-14/h3-11,17-18H,12-13,22H2,1-2H3/t17-,18+/m0/s1. The molecule has 0 aromatic heterocycles. The summed E-state index contributed by atoms with van der Waals surface area (Å²) < 4.78 is 13.5. The number of amides is 1. The molecule has 0 unspecified atom stereocenters. The van der Waals surface area contributed by atoms with E-state index in [1.165, 1.54) is 12.1 Å². The van der Waals surface area contributed by atoms with Gasteiger partial charge in [-0.2, -0.15) is 0 Å². The van der Waals surface area contributed by atoms with E-state index in [0.29, 0.717) is 18.7 Å². The van der Waals surface area contributed by atoms with Crippen LogP contribution in [0.5, 0.6) is 0 Å². The van der Waals surface area contributed by atoms with E-state index in [1.807, 2.05) is 36.9 Å². The molecule has 1 heterocycles. The zero-order valence-corrected chi connectivity index (χ0v) is 14.1. The minimum Gasteiger partial charge on any atom is -0.340 e. The van der Waals surface area contributed by atoms with Crippen molar-refractivity contribution in [3.63, 3.8) is 0 Å². The highest BCUT2D eigenvalue weighted by Gasteiger charge is 2.40. The molecular weight excluding hydrogens is 303 g/mol. The van der Waals surface area contributed by atoms with Gasteiger partial charge in [-0.3, -0.25) is 4.79 Å². The minimum atomic E-state index is -0.784. The maximum Gasteiger partial charge on any atom is 0.232 e. The van der Waals surface area contributed by atoms with Crippen LogP contribution >= 0.6 is 0 Å². The first-order valence-corrected chi connectivity index (χ1v) is 8.25. The molecule has 0 radical (unpaired) electrons. The van der Waals surface area contributed by atoms with Crippen LogP contribution < -0.4 is 5.73 Å². The molecule has 1 aliphatic heterocycles. The molecule has 1 amide bonds. The number of rotatable bonds is 3. The molecule has 2 aromatic rings. The third-order valence-corrected chi connectivity index (χ3v) is 4.96. The number of hydrogen-bond donors (Lipinski definition) is 1. The fraction of sp³-hybridized carbons (Fsp3) is 0.350. The van der Waals surface area contributed by atoms with Gasteiger partial charge >= 0.3 is 0 Å². The lowest BCUT2D eigenvalue weighted by atomic mass is 9.83. The first kappa shape index (κ1) is 16.7. The molecule has 1 saturated heterocycles. The summed E-state index contributed by atoms with van der Waals surface area (Å²) in [5.41, 5.74) is 7.35. The predicted octanol–water partition coefficient (Wildman–Crippen LogP) is 3.06. The molecule has 3 rings (SSSR count). The van der Waals surface area contributed by atoms with Crippen LogP contribution in [0.15, 0.2) is 54.6 Å². The molecule has 4 heteroatoms. The van der Waals surface area contributed by atoms with Gasteiger partial charge in [-0.25, -0.2) is 4.39 Å². The Morgan fingerprint density at radius 2 is 1.83 bits per heavy atom. The molecule has 126 valence electrons. The van der Waals surface area contributed by atoms with E-state index in [4.69, 9.17) is 5.73 Å². The fourth-order valence-corrected chi connectivity index (χ4v) is 3.44. The Hall–Kier alpha value is -2.20. The third-order valence-electron chi connectivity index (χ3n) is 4.96. The van der Waals surface area contributed by atoms with Gasteiger partial charge in [0.2, 0.25) is 5.91 Å². The van der Waals surface area contributed by atoms with Gasteiger partial charge in [0.15, 0.2) is 0 Å². The minimum absolute atomic E-state index is 0.0121. The monoisotopic (exact) mass is 326 g/mol. The van der Waals surface area contributed by atoms with E-state index in [9.17, 15) is 9.18 Å². The smallest absolute Gasteiger partial charge is 0.232 e. The quantitative estimate of drug-likeness (QED) is 0.942. The Labute approximate surface area is 142 Å². The van der Waals surface area contributed by atoms with Crippen molar-refractivity contribution < 1.29 is 9.18 Å². The molecule has 2 N–H and O–H groups in total. The van der Waals surface area contributed by atoms with E-state index in [0.717, 1.165) is 5.56 Å². The lowest BCUT2D eigenvalue weighted by molar-refractivity contribution is -0.135. The van der Waals surface area contributed by atoms with E-state index < -0.39 is 5.41 Å². The Bertz CT molecular complexity index is 729. The van der Waals surface area contributed by atoms with Crippen molar-refractivity contribution >= 4 is 5.91 Å². The summed E-state index contributed by atoms with van der Waals surface area (Å²) >= 11 is 0. The van der Waals surface area contributed by atoms with Gasteiger partial charge in [-0.1, -0.05) is 42.5 Å². The van der Waals surface area contributed by atoms with Crippen molar-refractivity contribution in [3.05, 3.63) is 71.5 Å². The second kappa shape index (κ2) is 6.36. The summed E-state index contributed by atoms with van der Waals surface area (Å²) in [4.78, 5) is 14.9. The first-order valence-electron chi connectivity index (χ1n) is 8.25. The Morgan fingerprint density at radius 3 is 2.50 bits per heavy atom. The molecule has 0 bridgehead atoms. The van der Waals surface area contributed by atoms with Crippen LogP contribution in [0.3, 0.4) is 0 Å².